The summed E-state index contributed by atoms with van der Waals surface area (Å²) in [7, 11) is 0. The zero-order chi connectivity index (χ0) is 25.6. The molecule has 5 nitrogen and oxygen atoms in total. The van der Waals surface area contributed by atoms with E-state index in [1.165, 1.54) is 5.57 Å². The first-order valence-electron chi connectivity index (χ1n) is 13.0. The molecule has 5 rings (SSSR count). The van der Waals surface area contributed by atoms with Gasteiger partial charge in [-0.1, -0.05) is 45.4 Å². The molecule has 5 heteroatoms. The highest BCUT2D eigenvalue weighted by Crippen LogP contribution is 2.75. The van der Waals surface area contributed by atoms with E-state index in [1.807, 2.05) is 13.8 Å². The number of allylic oxidation sites excluding steroid dienone is 7. The lowest BCUT2D eigenvalue weighted by Gasteiger charge is -2.70. The van der Waals surface area contributed by atoms with Crippen molar-refractivity contribution in [1.29, 1.82) is 0 Å². The van der Waals surface area contributed by atoms with Crippen molar-refractivity contribution >= 4 is 18.2 Å². The Morgan fingerprint density at radius 3 is 2.37 bits per heavy atom. The van der Waals surface area contributed by atoms with Gasteiger partial charge in [0.1, 0.15) is 0 Å². The van der Waals surface area contributed by atoms with Crippen LogP contribution in [0.1, 0.15) is 86.5 Å². The molecule has 35 heavy (non-hydrogen) atoms. The molecule has 3 saturated carbocycles. The lowest BCUT2D eigenvalue weighted by atomic mass is 9.34. The summed E-state index contributed by atoms with van der Waals surface area (Å²) in [6.07, 6.45) is 12.6. The van der Waals surface area contributed by atoms with Gasteiger partial charge in [0, 0.05) is 11.0 Å². The van der Waals surface area contributed by atoms with Crippen molar-refractivity contribution < 1.29 is 24.2 Å². The standard InChI is InChI=1S/C30H38O5/c1-18-19-7-8-22-28(4,20(19)15-21(32)24(18)35-17-31)12-14-30(6)23-16-27(3,25(33)34)10-9-26(23,2)11-13-29(22,30)5/h7-8,15,17,23H,9-14,16H2,1-6H3,(H,33,34)/t23-,26-,27-,28+,29-,30+/m1/s1. The Labute approximate surface area is 208 Å². The summed E-state index contributed by atoms with van der Waals surface area (Å²) in [5.41, 5.74) is 3.20. The number of carboxylic acid groups (broad SMARTS) is 1. The highest BCUT2D eigenvalue weighted by Gasteiger charge is 2.67. The van der Waals surface area contributed by atoms with Crippen LogP contribution in [-0.4, -0.2) is 23.3 Å². The SMILES string of the molecule is CC1=C(OC=O)C(=O)C=C2C1=CC=C1[C@@]2(C)CC[C@@]2(C)[C@@H]3C[C@](C)(C(=O)O)CC[C@]3(C)CC[C@]12C. The number of ether oxygens (including phenoxy) is 1. The number of aliphatic carboxylic acids is 1. The third kappa shape index (κ3) is 2.96. The average molecular weight is 479 g/mol. The number of carbonyl (C=O) groups excluding carboxylic acids is 2. The Balaban J connectivity index is 1.63. The number of rotatable bonds is 3. The molecule has 0 aromatic carbocycles. The quantitative estimate of drug-likeness (QED) is 0.481. The molecule has 0 aromatic heterocycles. The molecule has 0 aromatic rings. The highest BCUT2D eigenvalue weighted by molar-refractivity contribution is 6.07. The first-order chi connectivity index (χ1) is 16.3. The maximum atomic E-state index is 12.9. The molecule has 0 unspecified atom stereocenters. The van der Waals surface area contributed by atoms with Crippen LogP contribution in [0.5, 0.6) is 0 Å². The second-order valence-electron chi connectivity index (χ2n) is 13.1. The minimum atomic E-state index is -0.671. The predicted molar refractivity (Wildman–Crippen MR) is 133 cm³/mol. The molecule has 0 bridgehead atoms. The van der Waals surface area contributed by atoms with Gasteiger partial charge in [-0.3, -0.25) is 14.4 Å². The molecule has 5 aliphatic rings. The van der Waals surface area contributed by atoms with Gasteiger partial charge in [0.2, 0.25) is 5.78 Å². The van der Waals surface area contributed by atoms with Crippen LogP contribution >= 0.6 is 0 Å². The van der Waals surface area contributed by atoms with Crippen LogP contribution in [-0.2, 0) is 19.1 Å². The average Bonchev–Trinajstić information content (AvgIpc) is 2.80. The van der Waals surface area contributed by atoms with Gasteiger partial charge in [0.15, 0.2) is 5.76 Å². The van der Waals surface area contributed by atoms with E-state index in [0.29, 0.717) is 12.4 Å². The molecule has 1 N–H and O–H groups in total. The van der Waals surface area contributed by atoms with Crippen molar-refractivity contribution in [3.05, 3.63) is 46.3 Å². The topological polar surface area (TPSA) is 80.7 Å². The van der Waals surface area contributed by atoms with Crippen molar-refractivity contribution in [2.45, 2.75) is 86.5 Å². The Morgan fingerprint density at radius 1 is 1.03 bits per heavy atom. The van der Waals surface area contributed by atoms with E-state index in [9.17, 15) is 19.5 Å². The van der Waals surface area contributed by atoms with Gasteiger partial charge in [-0.15, -0.1) is 0 Å². The van der Waals surface area contributed by atoms with Crippen LogP contribution in [0.3, 0.4) is 0 Å². The molecular weight excluding hydrogens is 440 g/mol. The summed E-state index contributed by atoms with van der Waals surface area (Å²) in [6.45, 7) is 13.6. The molecule has 0 heterocycles. The Kier molecular flexibility index (Phi) is 5.06. The molecule has 0 amide bonds. The van der Waals surface area contributed by atoms with E-state index >= 15 is 0 Å². The summed E-state index contributed by atoms with van der Waals surface area (Å²) in [6, 6.07) is 0. The first kappa shape index (κ1) is 24.3. The van der Waals surface area contributed by atoms with Gasteiger partial charge in [-0.05, 0) is 98.2 Å². The van der Waals surface area contributed by atoms with Crippen LogP contribution in [0.4, 0.5) is 0 Å². The van der Waals surface area contributed by atoms with E-state index in [4.69, 9.17) is 4.74 Å². The van der Waals surface area contributed by atoms with Crippen molar-refractivity contribution in [3.63, 3.8) is 0 Å². The normalized spacial score (nSPS) is 44.6. The second kappa shape index (κ2) is 7.30. The summed E-state index contributed by atoms with van der Waals surface area (Å²) in [4.78, 5) is 36.2. The van der Waals surface area contributed by atoms with Crippen molar-refractivity contribution in [1.82, 2.24) is 0 Å². The third-order valence-electron chi connectivity index (χ3n) is 11.5. The summed E-state index contributed by atoms with van der Waals surface area (Å²) < 4.78 is 5.05. The third-order valence-corrected chi connectivity index (χ3v) is 11.5. The first-order valence-corrected chi connectivity index (χ1v) is 13.0. The number of hydrogen-bond acceptors (Lipinski definition) is 4. The fourth-order valence-corrected chi connectivity index (χ4v) is 8.84. The molecule has 5 aliphatic carbocycles. The Bertz CT molecular complexity index is 1170. The van der Waals surface area contributed by atoms with Gasteiger partial charge < -0.3 is 9.84 Å². The molecule has 0 saturated heterocycles. The zero-order valence-corrected chi connectivity index (χ0v) is 21.9. The fraction of sp³-hybridized carbons (Fsp3) is 0.633. The molecule has 0 radical (unpaired) electrons. The van der Waals surface area contributed by atoms with Crippen molar-refractivity contribution in [3.8, 4) is 0 Å². The van der Waals surface area contributed by atoms with E-state index in [2.05, 4.69) is 39.8 Å². The molecule has 3 fully saturated rings. The lowest BCUT2D eigenvalue weighted by Crippen LogP contribution is -2.62. The molecular formula is C30H38O5. The second-order valence-corrected chi connectivity index (χ2v) is 13.1. The molecule has 188 valence electrons. The van der Waals surface area contributed by atoms with E-state index in [0.717, 1.165) is 61.7 Å². The van der Waals surface area contributed by atoms with E-state index < -0.39 is 11.4 Å². The molecule has 6 atom stereocenters. The van der Waals surface area contributed by atoms with Gasteiger partial charge in [0.05, 0.1) is 5.41 Å². The monoisotopic (exact) mass is 478 g/mol. The van der Waals surface area contributed by atoms with Crippen LogP contribution in [0.2, 0.25) is 0 Å². The smallest absolute Gasteiger partial charge is 0.309 e. The zero-order valence-electron chi connectivity index (χ0n) is 21.9. The number of ketones is 1. The van der Waals surface area contributed by atoms with Crippen LogP contribution in [0.15, 0.2) is 46.3 Å². The molecule has 0 aliphatic heterocycles. The Hall–Kier alpha value is -2.43. The number of hydrogen-bond donors (Lipinski definition) is 1. The van der Waals surface area contributed by atoms with Crippen LogP contribution in [0, 0.1) is 33.0 Å². The number of fused-ring (bicyclic) bond motifs is 7. The van der Waals surface area contributed by atoms with Gasteiger partial charge in [0.25, 0.3) is 6.47 Å². The minimum absolute atomic E-state index is 0.0241. The number of carboxylic acids is 1. The van der Waals surface area contributed by atoms with Crippen molar-refractivity contribution in [2.24, 2.45) is 33.0 Å². The number of carbonyl (C=O) groups is 3. The maximum Gasteiger partial charge on any atom is 0.309 e. The van der Waals surface area contributed by atoms with Crippen LogP contribution in [0.25, 0.3) is 0 Å². The largest absolute Gasteiger partial charge is 0.481 e. The predicted octanol–water partition coefficient (Wildman–Crippen LogP) is 6.31. The van der Waals surface area contributed by atoms with E-state index in [-0.39, 0.29) is 33.2 Å². The van der Waals surface area contributed by atoms with Gasteiger partial charge in [-0.2, -0.15) is 0 Å². The summed E-state index contributed by atoms with van der Waals surface area (Å²) >= 11 is 0. The lowest BCUT2D eigenvalue weighted by molar-refractivity contribution is -0.178. The minimum Gasteiger partial charge on any atom is -0.481 e. The van der Waals surface area contributed by atoms with Crippen molar-refractivity contribution in [2.75, 3.05) is 0 Å². The van der Waals surface area contributed by atoms with Crippen LogP contribution < -0.4 is 0 Å². The highest BCUT2D eigenvalue weighted by atomic mass is 16.5. The van der Waals surface area contributed by atoms with Gasteiger partial charge in [-0.25, -0.2) is 0 Å². The molecule has 0 spiro atoms. The van der Waals surface area contributed by atoms with Gasteiger partial charge >= 0.3 is 5.97 Å². The fourth-order valence-electron chi connectivity index (χ4n) is 8.84. The maximum absolute atomic E-state index is 12.9. The summed E-state index contributed by atoms with van der Waals surface area (Å²) in [5, 5.41) is 10.1. The van der Waals surface area contributed by atoms with E-state index in [1.54, 1.807) is 6.08 Å². The summed E-state index contributed by atoms with van der Waals surface area (Å²) in [5.74, 6) is -0.466. The Morgan fingerprint density at radius 2 is 1.71 bits per heavy atom.